The highest BCUT2D eigenvalue weighted by molar-refractivity contribution is 5.10. The minimum Gasteiger partial charge on any atom is -0.356 e. The average Bonchev–Trinajstić information content (AvgIpc) is 2.91. The second kappa shape index (κ2) is 8.33. The van der Waals surface area contributed by atoms with Gasteiger partial charge >= 0.3 is 0 Å². The molecular formula is C16H29N3O3. The van der Waals surface area contributed by atoms with Crippen LogP contribution in [-0.4, -0.2) is 34.7 Å². The second-order valence-electron chi connectivity index (χ2n) is 6.86. The zero-order valence-corrected chi connectivity index (χ0v) is 13.9. The Morgan fingerprint density at radius 2 is 1.68 bits per heavy atom. The van der Waals surface area contributed by atoms with Crippen molar-refractivity contribution in [3.05, 3.63) is 15.3 Å². The van der Waals surface area contributed by atoms with Gasteiger partial charge in [0.1, 0.15) is 6.07 Å². The molecule has 0 saturated carbocycles. The number of hydrogen-bond acceptors (Lipinski definition) is 4. The SMILES string of the molecule is CCCCCCCC[N+]1(C)C2CCC1(C#N)CC2.O=[N+]([O-])[O-]. The van der Waals surface area contributed by atoms with Gasteiger partial charge in [0, 0.05) is 25.7 Å². The molecule has 0 spiro atoms. The summed E-state index contributed by atoms with van der Waals surface area (Å²) >= 11 is 0. The Morgan fingerprint density at radius 1 is 1.18 bits per heavy atom. The zero-order valence-electron chi connectivity index (χ0n) is 13.9. The van der Waals surface area contributed by atoms with Gasteiger partial charge in [-0.3, -0.25) is 0 Å². The molecule has 2 rings (SSSR count). The van der Waals surface area contributed by atoms with E-state index in [9.17, 15) is 5.26 Å². The third-order valence-corrected chi connectivity index (χ3v) is 5.75. The van der Waals surface area contributed by atoms with Crippen molar-refractivity contribution in [1.29, 1.82) is 5.26 Å². The van der Waals surface area contributed by atoms with Crippen molar-refractivity contribution in [2.45, 2.75) is 82.7 Å². The predicted molar refractivity (Wildman–Crippen MR) is 85.4 cm³/mol. The van der Waals surface area contributed by atoms with E-state index in [0.717, 1.165) is 23.4 Å². The lowest BCUT2D eigenvalue weighted by molar-refractivity contribution is -0.946. The van der Waals surface area contributed by atoms with Crippen LogP contribution in [0.15, 0.2) is 0 Å². The molecular weight excluding hydrogens is 282 g/mol. The Morgan fingerprint density at radius 3 is 2.18 bits per heavy atom. The van der Waals surface area contributed by atoms with E-state index in [1.165, 1.54) is 57.9 Å². The maximum absolute atomic E-state index is 9.59. The molecule has 6 heteroatoms. The lowest BCUT2D eigenvalue weighted by Gasteiger charge is -2.40. The first-order valence-electron chi connectivity index (χ1n) is 8.50. The summed E-state index contributed by atoms with van der Waals surface area (Å²) in [4.78, 5) is 8.25. The van der Waals surface area contributed by atoms with E-state index in [4.69, 9.17) is 15.3 Å². The first-order valence-corrected chi connectivity index (χ1v) is 8.50. The number of rotatable bonds is 7. The summed E-state index contributed by atoms with van der Waals surface area (Å²) in [6.07, 6.45) is 13.1. The van der Waals surface area contributed by atoms with Crippen LogP contribution < -0.4 is 0 Å². The van der Waals surface area contributed by atoms with Crippen LogP contribution in [0.3, 0.4) is 0 Å². The molecule has 0 aromatic heterocycles. The molecule has 2 bridgehead atoms. The molecule has 1 atom stereocenters. The van der Waals surface area contributed by atoms with Crippen molar-refractivity contribution in [3.8, 4) is 6.07 Å². The number of nitriles is 1. The predicted octanol–water partition coefficient (Wildman–Crippen LogP) is 3.77. The Hall–Kier alpha value is -1.35. The standard InChI is InChI=1S/C16H29N2.NO3/c1-3-4-5-6-7-8-13-18(2)15-9-11-16(18,14-17)12-10-15;2-1(3)4/h15H,3-13H2,1-2H3;/q+1;-1. The third-order valence-electron chi connectivity index (χ3n) is 5.75. The van der Waals surface area contributed by atoms with Gasteiger partial charge in [-0.1, -0.05) is 32.6 Å². The zero-order chi connectivity index (χ0) is 16.6. The summed E-state index contributed by atoms with van der Waals surface area (Å²) in [6.45, 7) is 3.51. The van der Waals surface area contributed by atoms with Crippen molar-refractivity contribution in [2.75, 3.05) is 13.6 Å². The van der Waals surface area contributed by atoms with Crippen LogP contribution in [0, 0.1) is 26.7 Å². The van der Waals surface area contributed by atoms with E-state index in [1.807, 2.05) is 0 Å². The molecule has 126 valence electrons. The monoisotopic (exact) mass is 311 g/mol. The first kappa shape index (κ1) is 18.7. The summed E-state index contributed by atoms with van der Waals surface area (Å²) in [5, 5.41) is 24.3. The fraction of sp³-hybridized carbons (Fsp3) is 0.938. The summed E-state index contributed by atoms with van der Waals surface area (Å²) in [7, 11) is 2.36. The number of hydrogen-bond donors (Lipinski definition) is 0. The lowest BCUT2D eigenvalue weighted by atomic mass is 9.89. The van der Waals surface area contributed by atoms with E-state index in [-0.39, 0.29) is 5.54 Å². The van der Waals surface area contributed by atoms with E-state index in [1.54, 1.807) is 0 Å². The summed E-state index contributed by atoms with van der Waals surface area (Å²) in [5.74, 6) is 0. The molecule has 0 radical (unpaired) electrons. The van der Waals surface area contributed by atoms with Crippen molar-refractivity contribution < 1.29 is 9.57 Å². The second-order valence-corrected chi connectivity index (χ2v) is 6.86. The smallest absolute Gasteiger partial charge is 0.186 e. The molecule has 2 fully saturated rings. The van der Waals surface area contributed by atoms with Crippen LogP contribution in [0.1, 0.15) is 71.1 Å². The Labute approximate surface area is 133 Å². The molecule has 22 heavy (non-hydrogen) atoms. The maximum atomic E-state index is 9.59. The largest absolute Gasteiger partial charge is 0.356 e. The highest BCUT2D eigenvalue weighted by atomic mass is 16.9. The first-order chi connectivity index (χ1) is 10.4. The molecule has 0 aromatic carbocycles. The summed E-state index contributed by atoms with van der Waals surface area (Å²) in [5.41, 5.74) is -0.00587. The van der Waals surface area contributed by atoms with Crippen LogP contribution in [-0.2, 0) is 0 Å². The topological polar surface area (TPSA) is 90.0 Å². The van der Waals surface area contributed by atoms with Crippen molar-refractivity contribution in [1.82, 2.24) is 0 Å². The fourth-order valence-electron chi connectivity index (χ4n) is 4.35. The molecule has 6 nitrogen and oxygen atoms in total. The minimum absolute atomic E-state index is 0.00587. The fourth-order valence-corrected chi connectivity index (χ4v) is 4.35. The molecule has 0 aliphatic carbocycles. The maximum Gasteiger partial charge on any atom is 0.186 e. The molecule has 0 amide bonds. The Bertz CT molecular complexity index is 396. The van der Waals surface area contributed by atoms with Gasteiger partial charge in [-0.15, -0.1) is 0 Å². The molecule has 1 unspecified atom stereocenters. The van der Waals surface area contributed by atoms with Crippen LogP contribution in [0.2, 0.25) is 0 Å². The highest BCUT2D eigenvalue weighted by Crippen LogP contribution is 2.51. The number of unbranched alkanes of at least 4 members (excludes halogenated alkanes) is 5. The van der Waals surface area contributed by atoms with Gasteiger partial charge in [-0.2, -0.15) is 5.26 Å². The number of fused-ring (bicyclic) bond motifs is 2. The van der Waals surface area contributed by atoms with E-state index < -0.39 is 5.09 Å². The quantitative estimate of drug-likeness (QED) is 0.310. The van der Waals surface area contributed by atoms with Crippen molar-refractivity contribution in [3.63, 3.8) is 0 Å². The van der Waals surface area contributed by atoms with Crippen LogP contribution in [0.4, 0.5) is 0 Å². The number of quaternary nitrogens is 1. The van der Waals surface area contributed by atoms with Gasteiger partial charge in [-0.25, -0.2) is 0 Å². The average molecular weight is 311 g/mol. The van der Waals surface area contributed by atoms with Crippen molar-refractivity contribution in [2.24, 2.45) is 0 Å². The number of nitrogens with zero attached hydrogens (tertiary/aromatic N) is 3. The summed E-state index contributed by atoms with van der Waals surface area (Å²) in [6, 6.07) is 3.48. The lowest BCUT2D eigenvalue weighted by Crippen LogP contribution is -2.56. The van der Waals surface area contributed by atoms with E-state index in [2.05, 4.69) is 20.0 Å². The molecule has 2 aliphatic heterocycles. The highest BCUT2D eigenvalue weighted by Gasteiger charge is 2.62. The van der Waals surface area contributed by atoms with Crippen molar-refractivity contribution >= 4 is 0 Å². The minimum atomic E-state index is -1.75. The van der Waals surface area contributed by atoms with E-state index >= 15 is 0 Å². The normalized spacial score (nSPS) is 32.1. The van der Waals surface area contributed by atoms with Gasteiger partial charge in [0.15, 0.2) is 5.54 Å². The van der Waals surface area contributed by atoms with Gasteiger partial charge < -0.3 is 19.8 Å². The molecule has 2 heterocycles. The van der Waals surface area contributed by atoms with Crippen LogP contribution in [0.25, 0.3) is 0 Å². The van der Waals surface area contributed by atoms with Crippen LogP contribution >= 0.6 is 0 Å². The van der Waals surface area contributed by atoms with Gasteiger partial charge in [-0.05, 0) is 12.8 Å². The Balaban J connectivity index is 0.000000541. The van der Waals surface area contributed by atoms with Gasteiger partial charge in [0.05, 0.1) is 24.7 Å². The van der Waals surface area contributed by atoms with Crippen LogP contribution in [0.5, 0.6) is 0 Å². The molecule has 2 saturated heterocycles. The van der Waals surface area contributed by atoms with E-state index in [0.29, 0.717) is 0 Å². The molecule has 0 N–H and O–H groups in total. The molecule has 2 aliphatic rings. The van der Waals surface area contributed by atoms with Gasteiger partial charge in [0.2, 0.25) is 0 Å². The van der Waals surface area contributed by atoms with Gasteiger partial charge in [0.25, 0.3) is 0 Å². The molecule has 0 aromatic rings. The Kier molecular flexibility index (Phi) is 7.08. The third kappa shape index (κ3) is 4.10. The summed E-state index contributed by atoms with van der Waals surface area (Å²) < 4.78 is 1.08.